The minimum atomic E-state index is -0.817. The van der Waals surface area contributed by atoms with Crippen LogP contribution in [0.15, 0.2) is 65.5 Å². The van der Waals surface area contributed by atoms with Gasteiger partial charge in [0.05, 0.1) is 17.5 Å². The van der Waals surface area contributed by atoms with Crippen molar-refractivity contribution >= 4 is 5.71 Å². The maximum Gasteiger partial charge on any atom is 0.218 e. The summed E-state index contributed by atoms with van der Waals surface area (Å²) in [6.07, 6.45) is 3.57. The van der Waals surface area contributed by atoms with E-state index in [0.29, 0.717) is 0 Å². The summed E-state index contributed by atoms with van der Waals surface area (Å²) in [6.45, 7) is 5.77. The number of ether oxygens (including phenoxy) is 1. The van der Waals surface area contributed by atoms with Crippen LogP contribution in [-0.4, -0.2) is 21.6 Å². The molecule has 0 fully saturated rings. The molecular weight excluding hydrogens is 324 g/mol. The van der Waals surface area contributed by atoms with Crippen LogP contribution in [0.5, 0.6) is 5.75 Å². The molecule has 134 valence electrons. The first kappa shape index (κ1) is 16.7. The van der Waals surface area contributed by atoms with Crippen molar-refractivity contribution < 1.29 is 9.84 Å². The third-order valence-electron chi connectivity index (χ3n) is 5.13. The SMILES string of the molecule is CCc1ccc(C2=NN3[C@@H](C2)c2ccccc2O[C@@]3(C)/C=C(/C)O)cc1. The van der Waals surface area contributed by atoms with E-state index in [1.54, 1.807) is 13.0 Å². The molecule has 2 aromatic carbocycles. The van der Waals surface area contributed by atoms with Gasteiger partial charge >= 0.3 is 0 Å². The predicted octanol–water partition coefficient (Wildman–Crippen LogP) is 4.97. The third kappa shape index (κ3) is 2.75. The van der Waals surface area contributed by atoms with Crippen LogP contribution in [-0.2, 0) is 6.42 Å². The number of para-hydroxylation sites is 1. The van der Waals surface area contributed by atoms with E-state index >= 15 is 0 Å². The fraction of sp³-hybridized carbons (Fsp3) is 0.318. The first-order valence-electron chi connectivity index (χ1n) is 9.12. The highest BCUT2D eigenvalue weighted by Crippen LogP contribution is 2.47. The lowest BCUT2D eigenvalue weighted by Gasteiger charge is -2.44. The Hall–Kier alpha value is -2.75. The van der Waals surface area contributed by atoms with Crippen molar-refractivity contribution in [3.8, 4) is 5.75 Å². The van der Waals surface area contributed by atoms with Gasteiger partial charge < -0.3 is 9.84 Å². The highest BCUT2D eigenvalue weighted by Gasteiger charge is 2.46. The summed E-state index contributed by atoms with van der Waals surface area (Å²) in [6, 6.07) is 16.8. The van der Waals surface area contributed by atoms with Gasteiger partial charge in [-0.15, -0.1) is 0 Å². The van der Waals surface area contributed by atoms with Crippen LogP contribution in [0.25, 0.3) is 0 Å². The first-order chi connectivity index (χ1) is 12.5. The second kappa shape index (κ2) is 6.20. The Bertz CT molecular complexity index is 881. The highest BCUT2D eigenvalue weighted by atomic mass is 16.5. The number of aliphatic hydroxyl groups excluding tert-OH is 1. The highest BCUT2D eigenvalue weighted by molar-refractivity contribution is 6.02. The monoisotopic (exact) mass is 348 g/mol. The molecule has 0 saturated carbocycles. The number of allylic oxidation sites excluding steroid dienone is 1. The summed E-state index contributed by atoms with van der Waals surface area (Å²) in [7, 11) is 0. The minimum absolute atomic E-state index is 0.0985. The molecule has 0 aromatic heterocycles. The predicted molar refractivity (Wildman–Crippen MR) is 103 cm³/mol. The van der Waals surface area contributed by atoms with Crippen molar-refractivity contribution in [1.29, 1.82) is 0 Å². The van der Waals surface area contributed by atoms with Gasteiger partial charge in [-0.05, 0) is 30.5 Å². The molecule has 2 aliphatic heterocycles. The van der Waals surface area contributed by atoms with Gasteiger partial charge in [-0.3, -0.25) is 0 Å². The molecule has 2 aliphatic rings. The molecule has 2 heterocycles. The van der Waals surface area contributed by atoms with Crippen molar-refractivity contribution in [2.24, 2.45) is 5.10 Å². The molecule has 0 aliphatic carbocycles. The number of aliphatic hydroxyl groups is 1. The molecule has 0 saturated heterocycles. The van der Waals surface area contributed by atoms with E-state index in [4.69, 9.17) is 9.84 Å². The molecule has 2 atom stereocenters. The van der Waals surface area contributed by atoms with Gasteiger partial charge in [-0.2, -0.15) is 5.10 Å². The van der Waals surface area contributed by atoms with Crippen LogP contribution in [0.3, 0.4) is 0 Å². The topological polar surface area (TPSA) is 45.1 Å². The van der Waals surface area contributed by atoms with Crippen molar-refractivity contribution in [2.45, 2.75) is 45.4 Å². The Labute approximate surface area is 154 Å². The van der Waals surface area contributed by atoms with Gasteiger partial charge in [0.15, 0.2) is 0 Å². The fourth-order valence-electron chi connectivity index (χ4n) is 3.87. The van der Waals surface area contributed by atoms with Crippen LogP contribution < -0.4 is 4.74 Å². The van der Waals surface area contributed by atoms with Gasteiger partial charge in [-0.25, -0.2) is 5.01 Å². The summed E-state index contributed by atoms with van der Waals surface area (Å²) in [5.41, 5.74) is 3.83. The molecule has 26 heavy (non-hydrogen) atoms. The summed E-state index contributed by atoms with van der Waals surface area (Å²) in [5, 5.41) is 16.8. The molecule has 4 rings (SSSR count). The lowest BCUT2D eigenvalue weighted by molar-refractivity contribution is -0.0697. The number of aryl methyl sites for hydroxylation is 1. The van der Waals surface area contributed by atoms with E-state index in [2.05, 4.69) is 37.3 Å². The minimum Gasteiger partial charge on any atom is -0.513 e. The Morgan fingerprint density at radius 2 is 2.00 bits per heavy atom. The van der Waals surface area contributed by atoms with Crippen LogP contribution in [0.2, 0.25) is 0 Å². The van der Waals surface area contributed by atoms with Crippen molar-refractivity contribution in [1.82, 2.24) is 5.01 Å². The normalized spacial score (nSPS) is 24.6. The van der Waals surface area contributed by atoms with Gasteiger partial charge in [0.1, 0.15) is 5.75 Å². The lowest BCUT2D eigenvalue weighted by Crippen LogP contribution is -2.50. The number of hydrogen-bond acceptors (Lipinski definition) is 4. The number of nitrogens with zero attached hydrogens (tertiary/aromatic N) is 2. The van der Waals surface area contributed by atoms with Gasteiger partial charge in [0.2, 0.25) is 5.72 Å². The number of benzene rings is 2. The summed E-state index contributed by atoms with van der Waals surface area (Å²) in [5.74, 6) is 1.08. The van der Waals surface area contributed by atoms with E-state index in [1.807, 2.05) is 30.1 Å². The Morgan fingerprint density at radius 1 is 1.27 bits per heavy atom. The van der Waals surface area contributed by atoms with Crippen LogP contribution in [0.4, 0.5) is 0 Å². The number of hydrogen-bond donors (Lipinski definition) is 1. The third-order valence-corrected chi connectivity index (χ3v) is 5.13. The van der Waals surface area contributed by atoms with Crippen molar-refractivity contribution in [2.75, 3.05) is 0 Å². The van der Waals surface area contributed by atoms with E-state index < -0.39 is 5.72 Å². The summed E-state index contributed by atoms with van der Waals surface area (Å²) < 4.78 is 6.25. The molecule has 4 nitrogen and oxygen atoms in total. The average Bonchev–Trinajstić information content (AvgIpc) is 3.08. The van der Waals surface area contributed by atoms with Crippen LogP contribution >= 0.6 is 0 Å². The molecule has 0 amide bonds. The molecule has 1 N–H and O–H groups in total. The molecule has 0 bridgehead atoms. The standard InChI is InChI=1S/C22H24N2O2/c1-4-16-9-11-17(12-10-16)19-13-20-18-7-5-6-8-21(18)26-22(3,14-15(2)25)24(20)23-19/h5-12,14,20,25H,4,13H2,1-3H3/b15-14-/t20-,22-/m0/s1. The van der Waals surface area contributed by atoms with Crippen molar-refractivity contribution in [3.05, 3.63) is 77.1 Å². The molecule has 0 spiro atoms. The van der Waals surface area contributed by atoms with E-state index in [1.165, 1.54) is 5.56 Å². The van der Waals surface area contributed by atoms with Crippen LogP contribution in [0.1, 0.15) is 49.9 Å². The zero-order chi connectivity index (χ0) is 18.3. The van der Waals surface area contributed by atoms with Gasteiger partial charge in [-0.1, -0.05) is 49.4 Å². The maximum atomic E-state index is 9.88. The van der Waals surface area contributed by atoms with Gasteiger partial charge in [0.25, 0.3) is 0 Å². The number of fused-ring (bicyclic) bond motifs is 3. The maximum absolute atomic E-state index is 9.88. The smallest absolute Gasteiger partial charge is 0.218 e. The fourth-order valence-corrected chi connectivity index (χ4v) is 3.87. The average molecular weight is 348 g/mol. The van der Waals surface area contributed by atoms with Gasteiger partial charge in [0, 0.05) is 25.0 Å². The zero-order valence-corrected chi connectivity index (χ0v) is 15.4. The lowest BCUT2D eigenvalue weighted by atomic mass is 9.94. The Kier molecular flexibility index (Phi) is 3.98. The summed E-state index contributed by atoms with van der Waals surface area (Å²) in [4.78, 5) is 0. The van der Waals surface area contributed by atoms with E-state index in [0.717, 1.165) is 35.4 Å². The molecule has 0 radical (unpaired) electrons. The van der Waals surface area contributed by atoms with E-state index in [9.17, 15) is 5.11 Å². The quantitative estimate of drug-likeness (QED) is 0.797. The molecule has 0 unspecified atom stereocenters. The van der Waals surface area contributed by atoms with Crippen molar-refractivity contribution in [3.63, 3.8) is 0 Å². The molecule has 2 aromatic rings. The van der Waals surface area contributed by atoms with E-state index in [-0.39, 0.29) is 11.8 Å². The first-order valence-corrected chi connectivity index (χ1v) is 9.12. The zero-order valence-electron chi connectivity index (χ0n) is 15.4. The number of rotatable bonds is 3. The number of hydrazone groups is 1. The second-order valence-electron chi connectivity index (χ2n) is 7.14. The molecular formula is C22H24N2O2. The second-order valence-corrected chi connectivity index (χ2v) is 7.14. The Balaban J connectivity index is 1.77. The molecule has 4 heteroatoms. The Morgan fingerprint density at radius 3 is 2.69 bits per heavy atom. The van der Waals surface area contributed by atoms with Crippen LogP contribution in [0, 0.1) is 0 Å². The summed E-state index contributed by atoms with van der Waals surface area (Å²) >= 11 is 0. The largest absolute Gasteiger partial charge is 0.513 e.